The predicted octanol–water partition coefficient (Wildman–Crippen LogP) is 1.35. The van der Waals surface area contributed by atoms with Crippen molar-refractivity contribution in [2.75, 3.05) is 6.54 Å². The molecule has 0 saturated carbocycles. The third-order valence-electron chi connectivity index (χ3n) is 2.98. The molecular weight excluding hydrogens is 216 g/mol. The smallest absolute Gasteiger partial charge is 0.220 e. The molecule has 0 radical (unpaired) electrons. The van der Waals surface area contributed by atoms with E-state index in [0.717, 1.165) is 18.7 Å². The van der Waals surface area contributed by atoms with E-state index < -0.39 is 0 Å². The Bertz CT molecular complexity index is 319. The quantitative estimate of drug-likeness (QED) is 0.670. The normalized spacial score (nSPS) is 14.3. The molecule has 1 amide bonds. The molecule has 1 aromatic rings. The SMILES string of the molecule is CCC(CN)CC(=O)NC(CC)c1ncc[nH]1. The molecule has 0 aliphatic heterocycles. The summed E-state index contributed by atoms with van der Waals surface area (Å²) in [5.74, 6) is 1.12. The zero-order chi connectivity index (χ0) is 12.7. The van der Waals surface area contributed by atoms with Crippen molar-refractivity contribution >= 4 is 5.91 Å². The highest BCUT2D eigenvalue weighted by molar-refractivity contribution is 5.76. The summed E-state index contributed by atoms with van der Waals surface area (Å²) >= 11 is 0. The van der Waals surface area contributed by atoms with E-state index in [4.69, 9.17) is 5.73 Å². The molecule has 5 heteroatoms. The Morgan fingerprint density at radius 3 is 2.76 bits per heavy atom. The molecule has 17 heavy (non-hydrogen) atoms. The molecule has 0 spiro atoms. The number of hydrogen-bond donors (Lipinski definition) is 3. The molecule has 0 bridgehead atoms. The fourth-order valence-electron chi connectivity index (χ4n) is 1.74. The van der Waals surface area contributed by atoms with Gasteiger partial charge >= 0.3 is 0 Å². The molecule has 0 aliphatic carbocycles. The second-order valence-corrected chi connectivity index (χ2v) is 4.22. The van der Waals surface area contributed by atoms with Gasteiger partial charge in [0.15, 0.2) is 0 Å². The molecule has 5 nitrogen and oxygen atoms in total. The van der Waals surface area contributed by atoms with Crippen LogP contribution in [0.1, 0.15) is 45.0 Å². The highest BCUT2D eigenvalue weighted by Gasteiger charge is 2.16. The summed E-state index contributed by atoms with van der Waals surface area (Å²) in [5, 5.41) is 2.98. The van der Waals surface area contributed by atoms with Crippen LogP contribution in [-0.4, -0.2) is 22.4 Å². The van der Waals surface area contributed by atoms with Gasteiger partial charge < -0.3 is 16.0 Å². The summed E-state index contributed by atoms with van der Waals surface area (Å²) in [4.78, 5) is 19.0. The zero-order valence-electron chi connectivity index (χ0n) is 10.6. The molecule has 2 unspecified atom stereocenters. The molecule has 0 aliphatic rings. The van der Waals surface area contributed by atoms with Crippen molar-refractivity contribution in [3.05, 3.63) is 18.2 Å². The summed E-state index contributed by atoms with van der Waals surface area (Å²) in [5.41, 5.74) is 5.59. The van der Waals surface area contributed by atoms with Crippen LogP contribution >= 0.6 is 0 Å². The maximum atomic E-state index is 11.8. The second-order valence-electron chi connectivity index (χ2n) is 4.22. The van der Waals surface area contributed by atoms with Gasteiger partial charge in [0.05, 0.1) is 6.04 Å². The standard InChI is InChI=1S/C12H22N4O/c1-3-9(8-13)7-11(17)16-10(4-2)12-14-5-6-15-12/h5-6,9-10H,3-4,7-8,13H2,1-2H3,(H,14,15)(H,16,17). The Balaban J connectivity index is 2.49. The molecular formula is C12H22N4O. The number of carbonyl (C=O) groups is 1. The minimum Gasteiger partial charge on any atom is -0.347 e. The average Bonchev–Trinajstić information content (AvgIpc) is 2.86. The van der Waals surface area contributed by atoms with Gasteiger partial charge in [-0.2, -0.15) is 0 Å². The highest BCUT2D eigenvalue weighted by Crippen LogP contribution is 2.13. The summed E-state index contributed by atoms with van der Waals surface area (Å²) < 4.78 is 0. The first-order chi connectivity index (χ1) is 8.21. The van der Waals surface area contributed by atoms with Crippen molar-refractivity contribution in [3.8, 4) is 0 Å². The maximum absolute atomic E-state index is 11.8. The number of rotatable bonds is 7. The van der Waals surface area contributed by atoms with Crippen molar-refractivity contribution in [2.45, 2.75) is 39.2 Å². The van der Waals surface area contributed by atoms with Gasteiger partial charge in [0.25, 0.3) is 0 Å². The second kappa shape index (κ2) is 7.06. The lowest BCUT2D eigenvalue weighted by Crippen LogP contribution is -2.31. The van der Waals surface area contributed by atoms with Gasteiger partial charge in [-0.1, -0.05) is 20.3 Å². The van der Waals surface area contributed by atoms with E-state index in [1.807, 2.05) is 6.92 Å². The molecule has 1 heterocycles. The first-order valence-electron chi connectivity index (χ1n) is 6.19. The van der Waals surface area contributed by atoms with Gasteiger partial charge in [0.2, 0.25) is 5.91 Å². The van der Waals surface area contributed by atoms with E-state index in [1.54, 1.807) is 12.4 Å². The van der Waals surface area contributed by atoms with Crippen LogP contribution in [0.4, 0.5) is 0 Å². The number of aromatic nitrogens is 2. The summed E-state index contributed by atoms with van der Waals surface area (Å²) in [6.45, 7) is 4.63. The van der Waals surface area contributed by atoms with Crippen LogP contribution in [0, 0.1) is 5.92 Å². The van der Waals surface area contributed by atoms with Crippen molar-refractivity contribution in [1.29, 1.82) is 0 Å². The lowest BCUT2D eigenvalue weighted by Gasteiger charge is -2.17. The summed E-state index contributed by atoms with van der Waals surface area (Å²) in [6.07, 6.45) is 5.70. The fourth-order valence-corrected chi connectivity index (χ4v) is 1.74. The zero-order valence-corrected chi connectivity index (χ0v) is 10.6. The molecule has 2 atom stereocenters. The van der Waals surface area contributed by atoms with Gasteiger partial charge in [-0.3, -0.25) is 4.79 Å². The number of imidazole rings is 1. The molecule has 0 fully saturated rings. The Kier molecular flexibility index (Phi) is 5.69. The number of hydrogen-bond acceptors (Lipinski definition) is 3. The maximum Gasteiger partial charge on any atom is 0.220 e. The van der Waals surface area contributed by atoms with Gasteiger partial charge in [0, 0.05) is 18.8 Å². The molecule has 1 rings (SSSR count). The van der Waals surface area contributed by atoms with Gasteiger partial charge in [0.1, 0.15) is 5.82 Å². The lowest BCUT2D eigenvalue weighted by molar-refractivity contribution is -0.122. The first-order valence-corrected chi connectivity index (χ1v) is 6.19. The Morgan fingerprint density at radius 1 is 1.53 bits per heavy atom. The summed E-state index contributed by atoms with van der Waals surface area (Å²) in [6, 6.07) is -0.0345. The van der Waals surface area contributed by atoms with E-state index in [2.05, 4.69) is 22.2 Å². The molecule has 4 N–H and O–H groups in total. The van der Waals surface area contributed by atoms with Crippen LogP contribution < -0.4 is 11.1 Å². The predicted molar refractivity (Wildman–Crippen MR) is 67.2 cm³/mol. The third kappa shape index (κ3) is 4.19. The van der Waals surface area contributed by atoms with Gasteiger partial charge in [-0.15, -0.1) is 0 Å². The van der Waals surface area contributed by atoms with Crippen LogP contribution in [0.3, 0.4) is 0 Å². The summed E-state index contributed by atoms with van der Waals surface area (Å²) in [7, 11) is 0. The fraction of sp³-hybridized carbons (Fsp3) is 0.667. The van der Waals surface area contributed by atoms with Crippen LogP contribution in [-0.2, 0) is 4.79 Å². The number of nitrogens with zero attached hydrogens (tertiary/aromatic N) is 1. The molecule has 1 aromatic heterocycles. The van der Waals surface area contributed by atoms with Crippen molar-refractivity contribution < 1.29 is 4.79 Å². The van der Waals surface area contributed by atoms with Crippen LogP contribution in [0.2, 0.25) is 0 Å². The molecule has 0 aromatic carbocycles. The van der Waals surface area contributed by atoms with E-state index >= 15 is 0 Å². The van der Waals surface area contributed by atoms with Crippen LogP contribution in [0.15, 0.2) is 12.4 Å². The van der Waals surface area contributed by atoms with Crippen molar-refractivity contribution in [1.82, 2.24) is 15.3 Å². The van der Waals surface area contributed by atoms with Crippen LogP contribution in [0.5, 0.6) is 0 Å². The largest absolute Gasteiger partial charge is 0.347 e. The molecule has 0 saturated heterocycles. The van der Waals surface area contributed by atoms with E-state index in [0.29, 0.717) is 13.0 Å². The highest BCUT2D eigenvalue weighted by atomic mass is 16.1. The number of nitrogens with two attached hydrogens (primary N) is 1. The number of nitrogens with one attached hydrogen (secondary N) is 2. The minimum atomic E-state index is -0.0345. The lowest BCUT2D eigenvalue weighted by atomic mass is 10.0. The monoisotopic (exact) mass is 238 g/mol. The van der Waals surface area contributed by atoms with E-state index in [-0.39, 0.29) is 17.9 Å². The topological polar surface area (TPSA) is 83.8 Å². The van der Waals surface area contributed by atoms with E-state index in [9.17, 15) is 4.79 Å². The van der Waals surface area contributed by atoms with Gasteiger partial charge in [-0.05, 0) is 18.9 Å². The number of carbonyl (C=O) groups excluding carboxylic acids is 1. The Morgan fingerprint density at radius 2 is 2.29 bits per heavy atom. The first kappa shape index (κ1) is 13.7. The number of H-pyrrole nitrogens is 1. The van der Waals surface area contributed by atoms with Crippen molar-refractivity contribution in [3.63, 3.8) is 0 Å². The third-order valence-corrected chi connectivity index (χ3v) is 2.98. The van der Waals surface area contributed by atoms with Gasteiger partial charge in [-0.25, -0.2) is 4.98 Å². The Labute approximate surface area is 102 Å². The minimum absolute atomic E-state index is 0.0345. The number of aromatic amines is 1. The number of amides is 1. The van der Waals surface area contributed by atoms with E-state index in [1.165, 1.54) is 0 Å². The average molecular weight is 238 g/mol. The van der Waals surface area contributed by atoms with Crippen LogP contribution in [0.25, 0.3) is 0 Å². The Hall–Kier alpha value is -1.36. The molecule has 96 valence electrons. The van der Waals surface area contributed by atoms with Crippen molar-refractivity contribution in [2.24, 2.45) is 11.7 Å².